The summed E-state index contributed by atoms with van der Waals surface area (Å²) in [6.07, 6.45) is 5.03. The van der Waals surface area contributed by atoms with E-state index in [0.717, 1.165) is 40.4 Å². The fraction of sp³-hybridized carbons (Fsp3) is 0.250. The number of carbonyl (C=O) groups is 1. The first-order valence-corrected chi connectivity index (χ1v) is 13.9. The molecule has 0 radical (unpaired) electrons. The Labute approximate surface area is 226 Å². The highest BCUT2D eigenvalue weighted by Crippen LogP contribution is 2.49. The number of ether oxygens (including phenoxy) is 1. The number of rotatable bonds is 5. The lowest BCUT2D eigenvalue weighted by atomic mass is 9.95. The van der Waals surface area contributed by atoms with Gasteiger partial charge in [-0.3, -0.25) is 9.78 Å². The molecule has 5 nitrogen and oxygen atoms in total. The van der Waals surface area contributed by atoms with Gasteiger partial charge in [0.05, 0.1) is 18.2 Å². The third kappa shape index (κ3) is 4.77. The fourth-order valence-corrected chi connectivity index (χ4v) is 5.92. The summed E-state index contributed by atoms with van der Waals surface area (Å²) in [4.78, 5) is 19.3. The van der Waals surface area contributed by atoms with Gasteiger partial charge in [0.1, 0.15) is 5.75 Å². The number of nitrogens with one attached hydrogen (secondary N) is 2. The molecule has 38 heavy (non-hydrogen) atoms. The van der Waals surface area contributed by atoms with Gasteiger partial charge in [0, 0.05) is 26.7 Å². The molecule has 3 heterocycles. The van der Waals surface area contributed by atoms with Crippen LogP contribution in [0.1, 0.15) is 40.7 Å². The average Bonchev–Trinajstić information content (AvgIpc) is 3.54. The maximum Gasteiger partial charge on any atom is 0.252 e. The normalized spacial score (nSPS) is 15.3. The van der Waals surface area contributed by atoms with Crippen molar-refractivity contribution in [2.45, 2.75) is 31.7 Å². The van der Waals surface area contributed by atoms with E-state index >= 15 is 0 Å². The summed E-state index contributed by atoms with van der Waals surface area (Å²) in [5, 5.41) is 8.82. The molecule has 1 aliphatic heterocycles. The number of aryl methyl sites for hydroxylation is 1. The van der Waals surface area contributed by atoms with Crippen LogP contribution in [0.4, 0.5) is 0 Å². The Balaban J connectivity index is 0.000000606. The molecule has 1 aliphatic carbocycles. The zero-order valence-corrected chi connectivity index (χ0v) is 22.5. The Bertz CT molecular complexity index is 1600. The Morgan fingerprint density at radius 1 is 1.03 bits per heavy atom. The highest BCUT2D eigenvalue weighted by atomic mass is 32.1. The van der Waals surface area contributed by atoms with Crippen molar-refractivity contribution in [3.8, 4) is 16.2 Å². The van der Waals surface area contributed by atoms with Crippen molar-refractivity contribution in [1.29, 1.82) is 0 Å². The minimum absolute atomic E-state index is 0.0711. The van der Waals surface area contributed by atoms with Gasteiger partial charge in [-0.05, 0) is 104 Å². The predicted octanol–water partition coefficient (Wildman–Crippen LogP) is 6.83. The van der Waals surface area contributed by atoms with E-state index in [9.17, 15) is 4.79 Å². The maximum atomic E-state index is 13.4. The smallest absolute Gasteiger partial charge is 0.252 e. The number of carbonyl (C=O) groups excluding carboxylic acids is 1. The van der Waals surface area contributed by atoms with E-state index < -0.39 is 0 Å². The van der Waals surface area contributed by atoms with Crippen LogP contribution in [0.25, 0.3) is 31.4 Å². The van der Waals surface area contributed by atoms with E-state index in [-0.39, 0.29) is 11.4 Å². The van der Waals surface area contributed by atoms with E-state index in [2.05, 4.69) is 64.1 Å². The molecule has 1 saturated carbocycles. The summed E-state index contributed by atoms with van der Waals surface area (Å²) < 4.78 is 6.62. The second kappa shape index (κ2) is 10.2. The van der Waals surface area contributed by atoms with Gasteiger partial charge < -0.3 is 15.4 Å². The van der Waals surface area contributed by atoms with E-state index in [4.69, 9.17) is 4.74 Å². The molecule has 192 valence electrons. The molecule has 2 aromatic heterocycles. The summed E-state index contributed by atoms with van der Waals surface area (Å²) in [7, 11) is 1.62. The highest BCUT2D eigenvalue weighted by Gasteiger charge is 2.47. The largest absolute Gasteiger partial charge is 0.497 e. The molecule has 5 aromatic rings. The molecule has 1 amide bonds. The minimum atomic E-state index is -0.388. The molecule has 6 heteroatoms. The van der Waals surface area contributed by atoms with Crippen molar-refractivity contribution in [3.05, 3.63) is 95.7 Å². The van der Waals surface area contributed by atoms with Crippen LogP contribution in [0, 0.1) is 6.92 Å². The van der Waals surface area contributed by atoms with Gasteiger partial charge in [-0.1, -0.05) is 30.3 Å². The van der Waals surface area contributed by atoms with Gasteiger partial charge in [-0.25, -0.2) is 0 Å². The van der Waals surface area contributed by atoms with Crippen LogP contribution >= 0.6 is 11.3 Å². The van der Waals surface area contributed by atoms with Crippen LogP contribution in [0.2, 0.25) is 0 Å². The first-order valence-electron chi connectivity index (χ1n) is 13.1. The number of benzene rings is 3. The molecule has 2 N–H and O–H groups in total. The van der Waals surface area contributed by atoms with Gasteiger partial charge in [0.25, 0.3) is 5.91 Å². The number of amides is 1. The molecule has 2 fully saturated rings. The molecular weight excluding hydrogens is 490 g/mol. The van der Waals surface area contributed by atoms with Crippen LogP contribution in [-0.2, 0) is 5.54 Å². The third-order valence-electron chi connectivity index (χ3n) is 7.45. The number of thiophene rings is 1. The predicted molar refractivity (Wildman–Crippen MR) is 156 cm³/mol. The number of nitrogens with zero attached hydrogens (tertiary/aromatic N) is 1. The summed E-state index contributed by atoms with van der Waals surface area (Å²) in [6.45, 7) is 4.45. The van der Waals surface area contributed by atoms with Crippen molar-refractivity contribution >= 4 is 38.2 Å². The fourth-order valence-electron chi connectivity index (χ4n) is 4.87. The van der Waals surface area contributed by atoms with Crippen molar-refractivity contribution in [1.82, 2.24) is 15.6 Å². The lowest BCUT2D eigenvalue weighted by Crippen LogP contribution is -2.35. The molecule has 1 saturated heterocycles. The summed E-state index contributed by atoms with van der Waals surface area (Å²) >= 11 is 1.79. The zero-order chi connectivity index (χ0) is 26.1. The van der Waals surface area contributed by atoms with Gasteiger partial charge >= 0.3 is 0 Å². The van der Waals surface area contributed by atoms with Crippen molar-refractivity contribution < 1.29 is 9.53 Å². The second-order valence-corrected chi connectivity index (χ2v) is 11.1. The topological polar surface area (TPSA) is 63.2 Å². The van der Waals surface area contributed by atoms with Crippen LogP contribution < -0.4 is 15.4 Å². The highest BCUT2D eigenvalue weighted by molar-refractivity contribution is 7.22. The molecule has 0 spiro atoms. The lowest BCUT2D eigenvalue weighted by Gasteiger charge is -2.22. The summed E-state index contributed by atoms with van der Waals surface area (Å²) in [5.74, 6) is 0.611. The minimum Gasteiger partial charge on any atom is -0.497 e. The number of hydrogen-bond acceptors (Lipinski definition) is 5. The maximum absolute atomic E-state index is 13.4. The Kier molecular flexibility index (Phi) is 6.60. The molecule has 2 aliphatic rings. The van der Waals surface area contributed by atoms with Crippen molar-refractivity contribution in [2.24, 2.45) is 0 Å². The van der Waals surface area contributed by atoms with Gasteiger partial charge in [-0.2, -0.15) is 0 Å². The molecular formula is C32H31N3O2S. The second-order valence-electron chi connectivity index (χ2n) is 10.1. The molecule has 7 rings (SSSR count). The third-order valence-corrected chi connectivity index (χ3v) is 8.61. The SMILES string of the molecule is C1CNC1.COc1ccc(C)c(C(=O)NC2(c3cc(-c4cc5ccccc5s4)cc4ncccc34)CC2)c1. The quantitative estimate of drug-likeness (QED) is 0.266. The van der Waals surface area contributed by atoms with Crippen molar-refractivity contribution in [3.63, 3.8) is 0 Å². The first kappa shape index (κ1) is 24.6. The monoisotopic (exact) mass is 521 g/mol. The number of methoxy groups -OCH3 is 1. The van der Waals surface area contributed by atoms with E-state index in [1.807, 2.05) is 37.4 Å². The average molecular weight is 522 g/mol. The summed E-state index contributed by atoms with van der Waals surface area (Å²) in [5.41, 5.74) is 4.42. The Hall–Kier alpha value is -3.74. The Morgan fingerprint density at radius 3 is 2.53 bits per heavy atom. The lowest BCUT2D eigenvalue weighted by molar-refractivity contribution is 0.0930. The van der Waals surface area contributed by atoms with Crippen LogP contribution in [0.3, 0.4) is 0 Å². The van der Waals surface area contributed by atoms with Gasteiger partial charge in [-0.15, -0.1) is 11.3 Å². The van der Waals surface area contributed by atoms with E-state index in [1.165, 1.54) is 34.5 Å². The van der Waals surface area contributed by atoms with Crippen LogP contribution in [-0.4, -0.2) is 31.1 Å². The van der Waals surface area contributed by atoms with Gasteiger partial charge in [0.15, 0.2) is 0 Å². The van der Waals surface area contributed by atoms with Gasteiger partial charge in [0.2, 0.25) is 0 Å². The molecule has 0 unspecified atom stereocenters. The summed E-state index contributed by atoms with van der Waals surface area (Å²) in [6, 6.07) is 24.8. The molecule has 3 aromatic carbocycles. The number of hydrogen-bond donors (Lipinski definition) is 2. The molecule has 0 bridgehead atoms. The Morgan fingerprint density at radius 2 is 1.82 bits per heavy atom. The van der Waals surface area contributed by atoms with Crippen LogP contribution in [0.15, 0.2) is 79.0 Å². The first-order chi connectivity index (χ1) is 18.6. The van der Waals surface area contributed by atoms with E-state index in [1.54, 1.807) is 18.4 Å². The number of pyridine rings is 1. The van der Waals surface area contributed by atoms with Crippen molar-refractivity contribution in [2.75, 3.05) is 20.2 Å². The standard InChI is InChI=1S/C29H24N2O2S.C3H7N/c1-18-9-10-21(33-2)17-23(18)28(32)31-29(11-12-29)24-14-20(15-25-22(24)7-5-13-30-25)27-16-19-6-3-4-8-26(19)34-27;1-2-4-3-1/h3-10,13-17H,11-12H2,1-2H3,(H,31,32);4H,1-3H2. The number of fused-ring (bicyclic) bond motifs is 2. The van der Waals surface area contributed by atoms with Crippen LogP contribution in [0.5, 0.6) is 5.75 Å². The zero-order valence-electron chi connectivity index (χ0n) is 21.7. The number of aromatic nitrogens is 1. The molecule has 0 atom stereocenters. The van der Waals surface area contributed by atoms with E-state index in [0.29, 0.717) is 11.3 Å².